The van der Waals surface area contributed by atoms with Crippen LogP contribution in [0.25, 0.3) is 0 Å². The van der Waals surface area contributed by atoms with E-state index in [4.69, 9.17) is 10.8 Å². The molecule has 10 heavy (non-hydrogen) atoms. The van der Waals surface area contributed by atoms with Crippen molar-refractivity contribution < 1.29 is 9.90 Å². The van der Waals surface area contributed by atoms with Gasteiger partial charge in [0.2, 0.25) is 0 Å². The van der Waals surface area contributed by atoms with Gasteiger partial charge in [-0.15, -0.1) is 0 Å². The molecule has 5 heteroatoms. The van der Waals surface area contributed by atoms with E-state index >= 15 is 0 Å². The van der Waals surface area contributed by atoms with Crippen LogP contribution in [0.4, 0.5) is 4.79 Å². The number of aliphatic hydroxyl groups excluding tert-OH is 1. The van der Waals surface area contributed by atoms with E-state index in [0.29, 0.717) is 19.6 Å². The summed E-state index contributed by atoms with van der Waals surface area (Å²) in [5.41, 5.74) is 5.21. The largest absolute Gasteiger partial charge is 0.372 e. The second kappa shape index (κ2) is 2.85. The zero-order valence-corrected chi connectivity index (χ0v) is 5.58. The first-order valence-corrected chi connectivity index (χ1v) is 3.17. The van der Waals surface area contributed by atoms with Gasteiger partial charge < -0.3 is 21.1 Å². The number of rotatable bonds is 2. The van der Waals surface area contributed by atoms with Crippen molar-refractivity contribution in [3.63, 3.8) is 0 Å². The van der Waals surface area contributed by atoms with Crippen molar-refractivity contribution in [2.24, 2.45) is 5.73 Å². The fourth-order valence-electron chi connectivity index (χ4n) is 0.920. The van der Waals surface area contributed by atoms with Crippen LogP contribution < -0.4 is 11.1 Å². The van der Waals surface area contributed by atoms with Crippen LogP contribution in [-0.4, -0.2) is 41.9 Å². The predicted molar refractivity (Wildman–Crippen MR) is 35.2 cm³/mol. The number of hydrogen-bond donors (Lipinski definition) is 3. The minimum Gasteiger partial charge on any atom is -0.372 e. The Morgan fingerprint density at radius 2 is 2.60 bits per heavy atom. The molecule has 0 bridgehead atoms. The maximum absolute atomic E-state index is 10.8. The van der Waals surface area contributed by atoms with Crippen molar-refractivity contribution in [3.8, 4) is 0 Å². The van der Waals surface area contributed by atoms with Crippen LogP contribution in [0, 0.1) is 0 Å². The summed E-state index contributed by atoms with van der Waals surface area (Å²) in [4.78, 5) is 12.3. The molecule has 58 valence electrons. The number of hydrogen-bond acceptors (Lipinski definition) is 3. The maximum atomic E-state index is 10.8. The SMILES string of the molecule is NCCN1CC(O)NC1=O. The average molecular weight is 145 g/mol. The van der Waals surface area contributed by atoms with Gasteiger partial charge in [0.25, 0.3) is 0 Å². The zero-order valence-electron chi connectivity index (χ0n) is 5.58. The molecule has 1 heterocycles. The lowest BCUT2D eigenvalue weighted by Crippen LogP contribution is -2.32. The predicted octanol–water partition coefficient (Wildman–Crippen LogP) is -1.71. The molecular formula is C5H11N3O2. The number of nitrogens with one attached hydrogen (secondary N) is 1. The van der Waals surface area contributed by atoms with Crippen LogP contribution in [0.2, 0.25) is 0 Å². The van der Waals surface area contributed by atoms with Gasteiger partial charge in [0.15, 0.2) is 0 Å². The van der Waals surface area contributed by atoms with Crippen molar-refractivity contribution in [1.29, 1.82) is 0 Å². The lowest BCUT2D eigenvalue weighted by atomic mass is 10.5. The Kier molecular flexibility index (Phi) is 2.08. The second-order valence-corrected chi connectivity index (χ2v) is 2.20. The molecule has 0 aromatic rings. The van der Waals surface area contributed by atoms with E-state index in [1.165, 1.54) is 4.90 Å². The molecule has 1 rings (SSSR count). The topological polar surface area (TPSA) is 78.6 Å². The number of aliphatic hydroxyl groups is 1. The van der Waals surface area contributed by atoms with Crippen LogP contribution in [0.15, 0.2) is 0 Å². The summed E-state index contributed by atoms with van der Waals surface area (Å²) in [5.74, 6) is 0. The third kappa shape index (κ3) is 1.37. The number of carbonyl (C=O) groups is 1. The number of amides is 2. The summed E-state index contributed by atoms with van der Waals surface area (Å²) in [6.45, 7) is 1.28. The van der Waals surface area contributed by atoms with Crippen molar-refractivity contribution >= 4 is 6.03 Å². The van der Waals surface area contributed by atoms with Gasteiger partial charge in [-0.05, 0) is 0 Å². The number of β-amino-alcohol motifs (C(OH)–C–C–N with tert-alkyl or cyclic N) is 1. The smallest absolute Gasteiger partial charge is 0.319 e. The normalized spacial score (nSPS) is 25.2. The molecule has 0 saturated carbocycles. The molecule has 0 aliphatic carbocycles. The Hall–Kier alpha value is -0.810. The highest BCUT2D eigenvalue weighted by Crippen LogP contribution is 1.99. The van der Waals surface area contributed by atoms with Gasteiger partial charge in [0, 0.05) is 13.1 Å². The minimum absolute atomic E-state index is 0.238. The molecular weight excluding hydrogens is 134 g/mol. The number of nitrogens with two attached hydrogens (primary N) is 1. The molecule has 0 aromatic carbocycles. The monoisotopic (exact) mass is 145 g/mol. The molecule has 2 amide bonds. The summed E-state index contributed by atoms with van der Waals surface area (Å²) in [6, 6.07) is -0.238. The van der Waals surface area contributed by atoms with Crippen LogP contribution in [-0.2, 0) is 0 Å². The molecule has 1 unspecified atom stereocenters. The van der Waals surface area contributed by atoms with E-state index in [0.717, 1.165) is 0 Å². The maximum Gasteiger partial charge on any atom is 0.319 e. The van der Waals surface area contributed by atoms with E-state index in [2.05, 4.69) is 5.32 Å². The minimum atomic E-state index is -0.723. The lowest BCUT2D eigenvalue weighted by molar-refractivity contribution is 0.161. The lowest BCUT2D eigenvalue weighted by Gasteiger charge is -2.10. The molecule has 4 N–H and O–H groups in total. The first-order chi connectivity index (χ1) is 4.74. The van der Waals surface area contributed by atoms with E-state index < -0.39 is 6.23 Å². The summed E-state index contributed by atoms with van der Waals surface area (Å²) in [6.07, 6.45) is -0.723. The van der Waals surface area contributed by atoms with Crippen LogP contribution >= 0.6 is 0 Å². The highest BCUT2D eigenvalue weighted by molar-refractivity contribution is 5.76. The van der Waals surface area contributed by atoms with E-state index in [1.807, 2.05) is 0 Å². The molecule has 0 radical (unpaired) electrons. The summed E-state index contributed by atoms with van der Waals surface area (Å²) in [7, 11) is 0. The van der Waals surface area contributed by atoms with Crippen molar-refractivity contribution in [2.75, 3.05) is 19.6 Å². The Morgan fingerprint density at radius 3 is 3.00 bits per heavy atom. The molecule has 0 aromatic heterocycles. The number of nitrogens with zero attached hydrogens (tertiary/aromatic N) is 1. The Bertz CT molecular complexity index is 139. The first-order valence-electron chi connectivity index (χ1n) is 3.17. The second-order valence-electron chi connectivity index (χ2n) is 2.20. The van der Waals surface area contributed by atoms with Crippen LogP contribution in [0.5, 0.6) is 0 Å². The van der Waals surface area contributed by atoms with Gasteiger partial charge in [0.1, 0.15) is 6.23 Å². The zero-order chi connectivity index (χ0) is 7.56. The standard InChI is InChI=1S/C5H11N3O2/c6-1-2-8-3-4(9)7-5(8)10/h4,9H,1-3,6H2,(H,7,10). The van der Waals surface area contributed by atoms with Crippen LogP contribution in [0.1, 0.15) is 0 Å². The fourth-order valence-corrected chi connectivity index (χ4v) is 0.920. The van der Waals surface area contributed by atoms with Gasteiger partial charge in [0.05, 0.1) is 6.54 Å². The van der Waals surface area contributed by atoms with Gasteiger partial charge in [-0.1, -0.05) is 0 Å². The van der Waals surface area contributed by atoms with E-state index in [-0.39, 0.29) is 6.03 Å². The number of carbonyl (C=O) groups excluding carboxylic acids is 1. The molecule has 1 aliphatic rings. The quantitative estimate of drug-likeness (QED) is 0.433. The van der Waals surface area contributed by atoms with E-state index in [9.17, 15) is 4.79 Å². The van der Waals surface area contributed by atoms with Crippen molar-refractivity contribution in [3.05, 3.63) is 0 Å². The van der Waals surface area contributed by atoms with Gasteiger partial charge in [-0.3, -0.25) is 0 Å². The Morgan fingerprint density at radius 1 is 1.90 bits per heavy atom. The number of urea groups is 1. The average Bonchev–Trinajstić information content (AvgIpc) is 2.13. The first kappa shape index (κ1) is 7.30. The Labute approximate surface area is 58.8 Å². The summed E-state index contributed by atoms with van der Waals surface area (Å²) >= 11 is 0. The van der Waals surface area contributed by atoms with Gasteiger partial charge in [-0.25, -0.2) is 4.79 Å². The molecule has 5 nitrogen and oxygen atoms in total. The Balaban J connectivity index is 2.39. The van der Waals surface area contributed by atoms with Gasteiger partial charge >= 0.3 is 6.03 Å². The highest BCUT2D eigenvalue weighted by Gasteiger charge is 2.25. The third-order valence-electron chi connectivity index (χ3n) is 1.37. The highest BCUT2D eigenvalue weighted by atomic mass is 16.3. The van der Waals surface area contributed by atoms with Crippen molar-refractivity contribution in [2.45, 2.75) is 6.23 Å². The molecule has 1 saturated heterocycles. The van der Waals surface area contributed by atoms with Crippen LogP contribution in [0.3, 0.4) is 0 Å². The van der Waals surface area contributed by atoms with E-state index in [1.54, 1.807) is 0 Å². The van der Waals surface area contributed by atoms with Gasteiger partial charge in [-0.2, -0.15) is 0 Å². The molecule has 0 spiro atoms. The summed E-state index contributed by atoms with van der Waals surface area (Å²) in [5, 5.41) is 11.2. The fraction of sp³-hybridized carbons (Fsp3) is 0.800. The summed E-state index contributed by atoms with van der Waals surface area (Å²) < 4.78 is 0. The third-order valence-corrected chi connectivity index (χ3v) is 1.37. The van der Waals surface area contributed by atoms with Crippen molar-refractivity contribution in [1.82, 2.24) is 10.2 Å². The molecule has 1 aliphatic heterocycles. The molecule has 1 atom stereocenters. The molecule has 1 fully saturated rings.